The van der Waals surface area contributed by atoms with Crippen molar-refractivity contribution in [1.29, 1.82) is 0 Å². The van der Waals surface area contributed by atoms with E-state index in [-0.39, 0.29) is 5.56 Å². The molecule has 5 heteroatoms. The molecule has 0 fully saturated rings. The lowest BCUT2D eigenvalue weighted by Gasteiger charge is -2.06. The predicted octanol–water partition coefficient (Wildman–Crippen LogP) is 2.67. The molecule has 0 aliphatic carbocycles. The average Bonchev–Trinajstić information content (AvgIpc) is 2.70. The van der Waals surface area contributed by atoms with Crippen LogP contribution in [0.3, 0.4) is 0 Å². The number of aromatic carboxylic acids is 1. The molecule has 5 nitrogen and oxygen atoms in total. The first-order valence-electron chi connectivity index (χ1n) is 5.39. The normalized spacial score (nSPS) is 10.4. The van der Waals surface area contributed by atoms with Crippen molar-refractivity contribution in [2.75, 3.05) is 7.11 Å². The van der Waals surface area contributed by atoms with Crippen LogP contribution >= 0.6 is 0 Å². The van der Waals surface area contributed by atoms with E-state index < -0.39 is 5.97 Å². The van der Waals surface area contributed by atoms with Crippen LogP contribution in [0.15, 0.2) is 22.7 Å². The number of aromatic nitrogens is 1. The van der Waals surface area contributed by atoms with Crippen molar-refractivity contribution in [3.8, 4) is 17.0 Å². The van der Waals surface area contributed by atoms with Crippen molar-refractivity contribution < 1.29 is 19.2 Å². The fraction of sp³-hybridized carbons (Fsp3) is 0.231. The van der Waals surface area contributed by atoms with Crippen LogP contribution in [-0.4, -0.2) is 23.3 Å². The minimum Gasteiger partial charge on any atom is -0.497 e. The Labute approximate surface area is 104 Å². The number of ether oxygens (including phenoxy) is 1. The zero-order valence-electron chi connectivity index (χ0n) is 10.4. The van der Waals surface area contributed by atoms with Crippen LogP contribution < -0.4 is 4.74 Å². The van der Waals surface area contributed by atoms with Crippen molar-refractivity contribution in [1.82, 2.24) is 5.16 Å². The summed E-state index contributed by atoms with van der Waals surface area (Å²) in [6.07, 6.45) is 0. The monoisotopic (exact) mass is 247 g/mol. The summed E-state index contributed by atoms with van der Waals surface area (Å²) in [5.74, 6) is -0.0278. The zero-order valence-corrected chi connectivity index (χ0v) is 10.4. The molecule has 1 N–H and O–H groups in total. The molecule has 2 aromatic rings. The van der Waals surface area contributed by atoms with Gasteiger partial charge in [-0.3, -0.25) is 0 Å². The second kappa shape index (κ2) is 4.52. The average molecular weight is 247 g/mol. The lowest BCUT2D eigenvalue weighted by atomic mass is 10.0. The molecule has 0 saturated carbocycles. The molecule has 0 aliphatic heterocycles. The van der Waals surface area contributed by atoms with Gasteiger partial charge >= 0.3 is 5.97 Å². The fourth-order valence-corrected chi connectivity index (χ4v) is 1.84. The Morgan fingerprint density at radius 1 is 1.39 bits per heavy atom. The molecule has 0 atom stereocenters. The molecule has 0 aliphatic rings. The molecule has 18 heavy (non-hydrogen) atoms. The van der Waals surface area contributed by atoms with Crippen LogP contribution in [0.25, 0.3) is 11.3 Å². The van der Waals surface area contributed by atoms with Gasteiger partial charge in [-0.2, -0.15) is 0 Å². The summed E-state index contributed by atoms with van der Waals surface area (Å²) in [4.78, 5) is 11.2. The molecule has 0 spiro atoms. The molecule has 1 aromatic heterocycles. The van der Waals surface area contributed by atoms with Crippen LogP contribution in [0.1, 0.15) is 21.7 Å². The lowest BCUT2D eigenvalue weighted by molar-refractivity contribution is 0.0696. The van der Waals surface area contributed by atoms with E-state index in [1.54, 1.807) is 26.2 Å². The highest BCUT2D eigenvalue weighted by molar-refractivity contribution is 5.96. The number of hydrogen-bond acceptors (Lipinski definition) is 4. The standard InChI is InChI=1S/C13H13NO4/c1-7-6-9(17-3)4-5-10(7)12-11(13(15)16)8(2)18-14-12/h4-6H,1-3H3,(H,15,16). The Kier molecular flexibility index (Phi) is 3.06. The van der Waals surface area contributed by atoms with Crippen molar-refractivity contribution in [2.24, 2.45) is 0 Å². The highest BCUT2D eigenvalue weighted by atomic mass is 16.5. The van der Waals surface area contributed by atoms with Crippen molar-refractivity contribution in [2.45, 2.75) is 13.8 Å². The van der Waals surface area contributed by atoms with Gasteiger partial charge in [0, 0.05) is 5.56 Å². The molecular formula is C13H13NO4. The minimum atomic E-state index is -1.04. The van der Waals surface area contributed by atoms with Crippen LogP contribution in [0.4, 0.5) is 0 Å². The predicted molar refractivity (Wildman–Crippen MR) is 64.9 cm³/mol. The van der Waals surface area contributed by atoms with Crippen LogP contribution in [-0.2, 0) is 0 Å². The van der Waals surface area contributed by atoms with Gasteiger partial charge < -0.3 is 14.4 Å². The molecule has 94 valence electrons. The summed E-state index contributed by atoms with van der Waals surface area (Å²) < 4.78 is 10.1. The van der Waals surface area contributed by atoms with Gasteiger partial charge in [-0.05, 0) is 37.6 Å². The number of methoxy groups -OCH3 is 1. The molecule has 0 amide bonds. The Morgan fingerprint density at radius 3 is 2.67 bits per heavy atom. The second-order valence-corrected chi connectivity index (χ2v) is 3.95. The molecule has 0 bridgehead atoms. The van der Waals surface area contributed by atoms with Crippen molar-refractivity contribution >= 4 is 5.97 Å². The molecule has 2 rings (SSSR count). The second-order valence-electron chi connectivity index (χ2n) is 3.95. The Bertz CT molecular complexity index is 601. The zero-order chi connectivity index (χ0) is 13.3. The van der Waals surface area contributed by atoms with Gasteiger partial charge in [-0.25, -0.2) is 4.79 Å². The third kappa shape index (κ3) is 1.95. The number of nitrogens with zero attached hydrogens (tertiary/aromatic N) is 1. The summed E-state index contributed by atoms with van der Waals surface area (Å²) >= 11 is 0. The number of carbonyl (C=O) groups is 1. The van der Waals surface area contributed by atoms with Crippen molar-refractivity contribution in [3.63, 3.8) is 0 Å². The summed E-state index contributed by atoms with van der Waals surface area (Å²) in [5.41, 5.74) is 2.05. The molecule has 1 heterocycles. The number of aryl methyl sites for hydroxylation is 2. The first-order valence-corrected chi connectivity index (χ1v) is 5.39. The molecule has 0 radical (unpaired) electrons. The Hall–Kier alpha value is -2.30. The quantitative estimate of drug-likeness (QED) is 0.902. The van der Waals surface area contributed by atoms with Gasteiger partial charge in [-0.1, -0.05) is 5.16 Å². The maximum absolute atomic E-state index is 11.2. The van der Waals surface area contributed by atoms with Gasteiger partial charge in [0.25, 0.3) is 0 Å². The minimum absolute atomic E-state index is 0.100. The van der Waals surface area contributed by atoms with E-state index in [0.717, 1.165) is 11.1 Å². The summed E-state index contributed by atoms with van der Waals surface area (Å²) in [6.45, 7) is 3.45. The number of hydrogen-bond donors (Lipinski definition) is 1. The smallest absolute Gasteiger partial charge is 0.341 e. The van der Waals surface area contributed by atoms with E-state index in [9.17, 15) is 4.79 Å². The van der Waals surface area contributed by atoms with Gasteiger partial charge in [0.2, 0.25) is 0 Å². The molecule has 0 saturated heterocycles. The molecule has 0 unspecified atom stereocenters. The number of carboxylic acid groups (broad SMARTS) is 1. The van der Waals surface area contributed by atoms with Crippen LogP contribution in [0, 0.1) is 13.8 Å². The first kappa shape index (κ1) is 12.2. The van der Waals surface area contributed by atoms with Gasteiger partial charge in [0.15, 0.2) is 0 Å². The highest BCUT2D eigenvalue weighted by Crippen LogP contribution is 2.30. The van der Waals surface area contributed by atoms with Gasteiger partial charge in [-0.15, -0.1) is 0 Å². The maximum atomic E-state index is 11.2. The van der Waals surface area contributed by atoms with E-state index in [1.807, 2.05) is 13.0 Å². The van der Waals surface area contributed by atoms with Crippen LogP contribution in [0.2, 0.25) is 0 Å². The Balaban J connectivity index is 2.59. The summed E-state index contributed by atoms with van der Waals surface area (Å²) in [5, 5.41) is 13.0. The SMILES string of the molecule is COc1ccc(-c2noc(C)c2C(=O)O)c(C)c1. The first-order chi connectivity index (χ1) is 8.54. The largest absolute Gasteiger partial charge is 0.497 e. The summed E-state index contributed by atoms with van der Waals surface area (Å²) in [6, 6.07) is 5.36. The third-order valence-corrected chi connectivity index (χ3v) is 2.77. The molecular weight excluding hydrogens is 234 g/mol. The third-order valence-electron chi connectivity index (χ3n) is 2.77. The fourth-order valence-electron chi connectivity index (χ4n) is 1.84. The van der Waals surface area contributed by atoms with Crippen molar-refractivity contribution in [3.05, 3.63) is 35.1 Å². The Morgan fingerprint density at radius 2 is 2.11 bits per heavy atom. The lowest BCUT2D eigenvalue weighted by Crippen LogP contribution is -2.00. The number of carboxylic acids is 1. The molecule has 1 aromatic carbocycles. The van der Waals surface area contributed by atoms with Crippen LogP contribution in [0.5, 0.6) is 5.75 Å². The van der Waals surface area contributed by atoms with E-state index in [0.29, 0.717) is 17.2 Å². The number of rotatable bonds is 3. The van der Waals surface area contributed by atoms with Gasteiger partial charge in [0.1, 0.15) is 22.8 Å². The van der Waals surface area contributed by atoms with E-state index in [2.05, 4.69) is 5.16 Å². The number of benzene rings is 1. The maximum Gasteiger partial charge on any atom is 0.341 e. The summed E-state index contributed by atoms with van der Waals surface area (Å²) in [7, 11) is 1.58. The van der Waals surface area contributed by atoms with E-state index >= 15 is 0 Å². The van der Waals surface area contributed by atoms with Gasteiger partial charge in [0.05, 0.1) is 7.11 Å². The van der Waals surface area contributed by atoms with E-state index in [1.165, 1.54) is 0 Å². The topological polar surface area (TPSA) is 72.6 Å². The highest BCUT2D eigenvalue weighted by Gasteiger charge is 2.21. The van der Waals surface area contributed by atoms with E-state index in [4.69, 9.17) is 14.4 Å².